The number of ether oxygens (including phenoxy) is 1. The first-order valence-corrected chi connectivity index (χ1v) is 10.1. The first kappa shape index (κ1) is 21.8. The van der Waals surface area contributed by atoms with Gasteiger partial charge in [-0.2, -0.15) is 5.10 Å². The van der Waals surface area contributed by atoms with Crippen LogP contribution in [0.3, 0.4) is 0 Å². The predicted molar refractivity (Wildman–Crippen MR) is 123 cm³/mol. The van der Waals surface area contributed by atoms with Gasteiger partial charge < -0.3 is 10.1 Å². The standard InChI is InChI=1S/C23H22N6O4/c1-14-8-15(2)10-17(9-14)29-21-19(11-25-29)22(31)28(13-24-21)12-20(30)27-23(32)26-16-4-6-18(33-3)7-5-16/h4-11,13H,12H2,1-3H3,(H2,26,27,30,32). The SMILES string of the molecule is COc1ccc(NC(=O)NC(=O)Cn2cnc3c(cnn3-c3cc(C)cc(C)c3)c2=O)cc1. The van der Waals surface area contributed by atoms with Gasteiger partial charge in [0, 0.05) is 5.69 Å². The van der Waals surface area contributed by atoms with Crippen LogP contribution in [-0.2, 0) is 11.3 Å². The number of nitrogens with one attached hydrogen (secondary N) is 2. The Morgan fingerprint density at radius 2 is 1.76 bits per heavy atom. The molecule has 3 amide bonds. The van der Waals surface area contributed by atoms with Gasteiger partial charge in [-0.3, -0.25) is 19.5 Å². The van der Waals surface area contributed by atoms with E-state index < -0.39 is 17.5 Å². The van der Waals surface area contributed by atoms with E-state index in [2.05, 4.69) is 20.7 Å². The van der Waals surface area contributed by atoms with Crippen molar-refractivity contribution in [3.63, 3.8) is 0 Å². The molecular weight excluding hydrogens is 424 g/mol. The molecule has 168 valence electrons. The molecule has 0 spiro atoms. The largest absolute Gasteiger partial charge is 0.497 e. The second-order valence-corrected chi connectivity index (χ2v) is 7.55. The number of anilines is 1. The zero-order valence-electron chi connectivity index (χ0n) is 18.3. The maximum absolute atomic E-state index is 12.9. The molecule has 2 N–H and O–H groups in total. The van der Waals surface area contributed by atoms with Gasteiger partial charge in [-0.15, -0.1) is 0 Å². The van der Waals surface area contributed by atoms with E-state index in [9.17, 15) is 14.4 Å². The van der Waals surface area contributed by atoms with Crippen molar-refractivity contribution in [3.8, 4) is 11.4 Å². The molecule has 2 aromatic heterocycles. The number of urea groups is 1. The third-order valence-corrected chi connectivity index (χ3v) is 4.92. The molecule has 2 heterocycles. The Hall–Kier alpha value is -4.47. The lowest BCUT2D eigenvalue weighted by molar-refractivity contribution is -0.120. The van der Waals surface area contributed by atoms with Gasteiger partial charge in [-0.1, -0.05) is 6.07 Å². The number of carbonyl (C=O) groups is 2. The zero-order valence-corrected chi connectivity index (χ0v) is 18.3. The van der Waals surface area contributed by atoms with Gasteiger partial charge in [0.25, 0.3) is 5.56 Å². The third kappa shape index (κ3) is 4.74. The molecular formula is C23H22N6O4. The maximum atomic E-state index is 12.9. The minimum atomic E-state index is -0.713. The number of aryl methyl sites for hydroxylation is 2. The van der Waals surface area contributed by atoms with Gasteiger partial charge in [0.1, 0.15) is 24.0 Å². The normalized spacial score (nSPS) is 10.8. The van der Waals surface area contributed by atoms with Gasteiger partial charge in [0.05, 0.1) is 19.0 Å². The molecule has 0 fully saturated rings. The van der Waals surface area contributed by atoms with Gasteiger partial charge in [-0.25, -0.2) is 14.5 Å². The molecule has 10 heteroatoms. The average molecular weight is 446 g/mol. The lowest BCUT2D eigenvalue weighted by Gasteiger charge is -2.09. The lowest BCUT2D eigenvalue weighted by atomic mass is 10.1. The van der Waals surface area contributed by atoms with Gasteiger partial charge in [0.15, 0.2) is 5.65 Å². The summed E-state index contributed by atoms with van der Waals surface area (Å²) in [4.78, 5) is 41.6. The molecule has 0 bridgehead atoms. The fourth-order valence-corrected chi connectivity index (χ4v) is 3.48. The van der Waals surface area contributed by atoms with Crippen molar-refractivity contribution in [1.82, 2.24) is 24.6 Å². The van der Waals surface area contributed by atoms with E-state index >= 15 is 0 Å². The van der Waals surface area contributed by atoms with Crippen molar-refractivity contribution in [3.05, 3.63) is 76.5 Å². The molecule has 0 atom stereocenters. The van der Waals surface area contributed by atoms with Crippen LogP contribution in [0.5, 0.6) is 5.75 Å². The number of fused-ring (bicyclic) bond motifs is 1. The van der Waals surface area contributed by atoms with Crippen LogP contribution in [0.25, 0.3) is 16.7 Å². The topological polar surface area (TPSA) is 120 Å². The van der Waals surface area contributed by atoms with Crippen molar-refractivity contribution in [1.29, 1.82) is 0 Å². The number of hydrogen-bond donors (Lipinski definition) is 2. The van der Waals surface area contributed by atoms with Crippen LogP contribution in [0.1, 0.15) is 11.1 Å². The van der Waals surface area contributed by atoms with Crippen LogP contribution in [0.2, 0.25) is 0 Å². The smallest absolute Gasteiger partial charge is 0.325 e. The van der Waals surface area contributed by atoms with E-state index in [1.807, 2.05) is 32.0 Å². The molecule has 0 radical (unpaired) electrons. The van der Waals surface area contributed by atoms with Gasteiger partial charge in [-0.05, 0) is 61.4 Å². The number of amides is 3. The Morgan fingerprint density at radius 3 is 2.42 bits per heavy atom. The third-order valence-electron chi connectivity index (χ3n) is 4.92. The maximum Gasteiger partial charge on any atom is 0.325 e. The summed E-state index contributed by atoms with van der Waals surface area (Å²) >= 11 is 0. The van der Waals surface area contributed by atoms with Gasteiger partial charge >= 0.3 is 6.03 Å². The van der Waals surface area contributed by atoms with E-state index in [-0.39, 0.29) is 11.9 Å². The Bertz CT molecular complexity index is 1380. The molecule has 0 unspecified atom stereocenters. The molecule has 4 rings (SSSR count). The number of rotatable bonds is 5. The van der Waals surface area contributed by atoms with Crippen LogP contribution >= 0.6 is 0 Å². The van der Waals surface area contributed by atoms with Crippen molar-refractivity contribution >= 4 is 28.7 Å². The molecule has 2 aromatic carbocycles. The number of benzene rings is 2. The van der Waals surface area contributed by atoms with Crippen LogP contribution < -0.4 is 20.9 Å². The van der Waals surface area contributed by atoms with Crippen LogP contribution in [-0.4, -0.2) is 38.4 Å². The number of hydrogen-bond acceptors (Lipinski definition) is 6. The van der Waals surface area contributed by atoms with E-state index in [0.29, 0.717) is 17.1 Å². The zero-order chi connectivity index (χ0) is 23.5. The Labute approximate surface area is 188 Å². The summed E-state index contributed by atoms with van der Waals surface area (Å²) < 4.78 is 7.77. The number of aromatic nitrogens is 4. The number of methoxy groups -OCH3 is 1. The van der Waals surface area contributed by atoms with Crippen LogP contribution in [0.15, 0.2) is 59.8 Å². The van der Waals surface area contributed by atoms with Gasteiger partial charge in [0.2, 0.25) is 5.91 Å². The molecule has 4 aromatic rings. The van der Waals surface area contributed by atoms with E-state index in [4.69, 9.17) is 4.74 Å². The molecule has 0 saturated heterocycles. The lowest BCUT2D eigenvalue weighted by Crippen LogP contribution is -2.38. The molecule has 0 aliphatic rings. The first-order valence-electron chi connectivity index (χ1n) is 10.1. The Balaban J connectivity index is 1.48. The fraction of sp³-hybridized carbons (Fsp3) is 0.174. The van der Waals surface area contributed by atoms with Crippen LogP contribution in [0.4, 0.5) is 10.5 Å². The van der Waals surface area contributed by atoms with E-state index in [0.717, 1.165) is 21.4 Å². The highest BCUT2D eigenvalue weighted by molar-refractivity contribution is 6.01. The second-order valence-electron chi connectivity index (χ2n) is 7.55. The molecule has 0 saturated carbocycles. The minimum absolute atomic E-state index is 0.271. The molecule has 33 heavy (non-hydrogen) atoms. The predicted octanol–water partition coefficient (Wildman–Crippen LogP) is 2.56. The second kappa shape index (κ2) is 8.95. The summed E-state index contributed by atoms with van der Waals surface area (Å²) in [6, 6.07) is 11.8. The van der Waals surface area contributed by atoms with Crippen molar-refractivity contribution in [2.24, 2.45) is 0 Å². The highest BCUT2D eigenvalue weighted by Crippen LogP contribution is 2.17. The van der Waals surface area contributed by atoms with E-state index in [1.165, 1.54) is 19.6 Å². The minimum Gasteiger partial charge on any atom is -0.497 e. The van der Waals surface area contributed by atoms with Crippen molar-refractivity contribution < 1.29 is 14.3 Å². The van der Waals surface area contributed by atoms with Crippen LogP contribution in [0, 0.1) is 13.8 Å². The highest BCUT2D eigenvalue weighted by atomic mass is 16.5. The fourth-order valence-electron chi connectivity index (χ4n) is 3.48. The molecule has 10 nitrogen and oxygen atoms in total. The molecule has 0 aliphatic carbocycles. The summed E-state index contributed by atoms with van der Waals surface area (Å²) in [7, 11) is 1.54. The highest BCUT2D eigenvalue weighted by Gasteiger charge is 2.15. The summed E-state index contributed by atoms with van der Waals surface area (Å²) in [5, 5.41) is 9.31. The van der Waals surface area contributed by atoms with Crippen molar-refractivity contribution in [2.45, 2.75) is 20.4 Å². The van der Waals surface area contributed by atoms with E-state index in [1.54, 1.807) is 28.9 Å². The van der Waals surface area contributed by atoms with Crippen molar-refractivity contribution in [2.75, 3.05) is 12.4 Å². The quantitative estimate of drug-likeness (QED) is 0.486. The summed E-state index contributed by atoms with van der Waals surface area (Å²) in [5.74, 6) is -0.0221. The summed E-state index contributed by atoms with van der Waals surface area (Å²) in [6.45, 7) is 3.59. The number of carbonyl (C=O) groups excluding carboxylic acids is 2. The average Bonchev–Trinajstić information content (AvgIpc) is 3.20. The molecule has 0 aliphatic heterocycles. The summed E-state index contributed by atoms with van der Waals surface area (Å²) in [6.07, 6.45) is 2.69. The number of imide groups is 1. The Kier molecular flexibility index (Phi) is 5.90. The summed E-state index contributed by atoms with van der Waals surface area (Å²) in [5.41, 5.74) is 3.36. The first-order chi connectivity index (χ1) is 15.8. The monoisotopic (exact) mass is 446 g/mol. The Morgan fingerprint density at radius 1 is 1.06 bits per heavy atom. The number of nitrogens with zero attached hydrogens (tertiary/aromatic N) is 4.